The van der Waals surface area contributed by atoms with Crippen LogP contribution in [0.5, 0.6) is 11.5 Å². The zero-order chi connectivity index (χ0) is 17.4. The molecule has 0 saturated carbocycles. The Morgan fingerprint density at radius 1 is 1.12 bits per heavy atom. The fourth-order valence-corrected chi connectivity index (χ4v) is 3.16. The van der Waals surface area contributed by atoms with Crippen molar-refractivity contribution in [3.05, 3.63) is 36.2 Å². The lowest BCUT2D eigenvalue weighted by Crippen LogP contribution is -2.24. The summed E-state index contributed by atoms with van der Waals surface area (Å²) < 4.78 is 22.5. The van der Waals surface area contributed by atoms with Crippen molar-refractivity contribution in [1.82, 2.24) is 15.2 Å². The molecule has 0 unspecified atom stereocenters. The van der Waals surface area contributed by atoms with Crippen LogP contribution in [0.15, 0.2) is 30.5 Å². The van der Waals surface area contributed by atoms with E-state index in [1.807, 2.05) is 31.2 Å². The minimum atomic E-state index is -0.899. The molecule has 0 radical (unpaired) electrons. The second kappa shape index (κ2) is 6.02. The van der Waals surface area contributed by atoms with Gasteiger partial charge in [0, 0.05) is 11.8 Å². The van der Waals surface area contributed by atoms with Gasteiger partial charge in [0.15, 0.2) is 0 Å². The molecule has 1 aromatic carbocycles. The third-order valence-electron chi connectivity index (χ3n) is 4.41. The second-order valence-electron chi connectivity index (χ2n) is 5.86. The van der Waals surface area contributed by atoms with E-state index in [0.717, 1.165) is 22.2 Å². The summed E-state index contributed by atoms with van der Waals surface area (Å²) in [4.78, 5) is 4.54. The highest BCUT2D eigenvalue weighted by Gasteiger charge is 2.37. The molecule has 130 valence electrons. The predicted octanol–water partition coefficient (Wildman–Crippen LogP) is 2.86. The van der Waals surface area contributed by atoms with Crippen LogP contribution in [-0.2, 0) is 15.3 Å². The van der Waals surface area contributed by atoms with E-state index in [0.29, 0.717) is 30.4 Å². The number of nitrogens with one attached hydrogen (secondary N) is 1. The Bertz CT molecular complexity index is 916. The molecule has 1 N–H and O–H groups in total. The topological polar surface area (TPSA) is 78.5 Å². The van der Waals surface area contributed by atoms with Crippen LogP contribution in [0, 0.1) is 0 Å². The van der Waals surface area contributed by atoms with E-state index in [1.54, 1.807) is 20.4 Å². The van der Waals surface area contributed by atoms with Gasteiger partial charge in [0.1, 0.15) is 22.9 Å². The van der Waals surface area contributed by atoms with Crippen molar-refractivity contribution in [2.24, 2.45) is 0 Å². The minimum absolute atomic E-state index is 0.532. The number of aromatic nitrogens is 3. The summed E-state index contributed by atoms with van der Waals surface area (Å²) in [5, 5.41) is 8.41. The molecule has 0 atom stereocenters. The van der Waals surface area contributed by atoms with Gasteiger partial charge in [-0.15, -0.1) is 0 Å². The minimum Gasteiger partial charge on any atom is -0.497 e. The predicted molar refractivity (Wildman–Crippen MR) is 91.7 cm³/mol. The van der Waals surface area contributed by atoms with Crippen LogP contribution < -0.4 is 9.47 Å². The average Bonchev–Trinajstić information content (AvgIpc) is 3.28. The average molecular weight is 341 g/mol. The molecule has 0 amide bonds. The van der Waals surface area contributed by atoms with Gasteiger partial charge in [-0.3, -0.25) is 10.1 Å². The number of hydrogen-bond donors (Lipinski definition) is 1. The number of H-pyrrole nitrogens is 1. The number of methoxy groups -OCH3 is 2. The first-order valence-corrected chi connectivity index (χ1v) is 8.00. The Labute approximate surface area is 144 Å². The molecule has 2 aromatic heterocycles. The number of aromatic amines is 1. The first kappa shape index (κ1) is 15.9. The third-order valence-corrected chi connectivity index (χ3v) is 4.41. The summed E-state index contributed by atoms with van der Waals surface area (Å²) in [5.41, 5.74) is 3.07. The molecule has 1 saturated heterocycles. The van der Waals surface area contributed by atoms with E-state index in [9.17, 15) is 0 Å². The third kappa shape index (κ3) is 2.52. The van der Waals surface area contributed by atoms with Gasteiger partial charge in [0.25, 0.3) is 0 Å². The number of fused-ring (bicyclic) bond motifs is 1. The Kier molecular flexibility index (Phi) is 3.82. The van der Waals surface area contributed by atoms with Crippen LogP contribution in [-0.4, -0.2) is 42.6 Å². The van der Waals surface area contributed by atoms with Crippen LogP contribution >= 0.6 is 0 Å². The monoisotopic (exact) mass is 341 g/mol. The largest absolute Gasteiger partial charge is 0.497 e. The van der Waals surface area contributed by atoms with Gasteiger partial charge in [-0.25, -0.2) is 0 Å². The second-order valence-corrected chi connectivity index (χ2v) is 5.86. The molecule has 0 bridgehead atoms. The van der Waals surface area contributed by atoms with Gasteiger partial charge < -0.3 is 18.9 Å². The van der Waals surface area contributed by atoms with E-state index in [2.05, 4.69) is 15.2 Å². The van der Waals surface area contributed by atoms with Crippen molar-refractivity contribution < 1.29 is 18.9 Å². The van der Waals surface area contributed by atoms with Crippen molar-refractivity contribution in [2.45, 2.75) is 12.7 Å². The highest BCUT2D eigenvalue weighted by atomic mass is 16.7. The summed E-state index contributed by atoms with van der Waals surface area (Å²) in [6.45, 7) is 2.94. The summed E-state index contributed by atoms with van der Waals surface area (Å²) in [6, 6.07) is 7.47. The van der Waals surface area contributed by atoms with E-state index >= 15 is 0 Å². The molecule has 1 fully saturated rings. The lowest BCUT2D eigenvalue weighted by atomic mass is 10.0. The van der Waals surface area contributed by atoms with E-state index in [-0.39, 0.29) is 0 Å². The number of rotatable bonds is 4. The maximum Gasteiger partial charge on any atom is 0.210 e. The molecule has 7 heteroatoms. The van der Waals surface area contributed by atoms with Crippen molar-refractivity contribution in [3.63, 3.8) is 0 Å². The number of pyridine rings is 1. The van der Waals surface area contributed by atoms with Crippen LogP contribution in [0.2, 0.25) is 0 Å². The van der Waals surface area contributed by atoms with E-state index < -0.39 is 5.79 Å². The van der Waals surface area contributed by atoms with Crippen molar-refractivity contribution in [2.75, 3.05) is 27.4 Å². The van der Waals surface area contributed by atoms with E-state index in [1.165, 1.54) is 0 Å². The molecule has 3 heterocycles. The van der Waals surface area contributed by atoms with Crippen LogP contribution in [0.25, 0.3) is 22.2 Å². The lowest BCUT2D eigenvalue weighted by Gasteiger charge is -2.22. The van der Waals surface area contributed by atoms with Crippen LogP contribution in [0.4, 0.5) is 0 Å². The Morgan fingerprint density at radius 3 is 2.64 bits per heavy atom. The lowest BCUT2D eigenvalue weighted by molar-refractivity contribution is -0.151. The standard InChI is InChI=1S/C18H19N3O4/c1-18(24-8-9-25-18)17-15-13(6-7-19-17)20-21-16(15)12-10-11(22-2)4-5-14(12)23-3/h4-7,10H,8-9H2,1-3H3,(H,20,21). The molecule has 3 aromatic rings. The first-order valence-electron chi connectivity index (χ1n) is 8.00. The zero-order valence-electron chi connectivity index (χ0n) is 14.3. The summed E-state index contributed by atoms with van der Waals surface area (Å²) >= 11 is 0. The normalized spacial score (nSPS) is 16.3. The van der Waals surface area contributed by atoms with Gasteiger partial charge >= 0.3 is 0 Å². The molecule has 1 aliphatic rings. The molecule has 7 nitrogen and oxygen atoms in total. The SMILES string of the molecule is COc1ccc(OC)c(-c2n[nH]c3ccnc(C4(C)OCCO4)c23)c1. The molecule has 0 aliphatic carbocycles. The van der Waals surface area contributed by atoms with Crippen molar-refractivity contribution in [1.29, 1.82) is 0 Å². The van der Waals surface area contributed by atoms with Crippen molar-refractivity contribution >= 4 is 10.9 Å². The highest BCUT2D eigenvalue weighted by Crippen LogP contribution is 2.41. The molecule has 25 heavy (non-hydrogen) atoms. The fraction of sp³-hybridized carbons (Fsp3) is 0.333. The first-order chi connectivity index (χ1) is 12.2. The van der Waals surface area contributed by atoms with Gasteiger partial charge in [-0.2, -0.15) is 5.10 Å². The van der Waals surface area contributed by atoms with Gasteiger partial charge in [-0.1, -0.05) is 0 Å². The molecular formula is C18H19N3O4. The van der Waals surface area contributed by atoms with Gasteiger partial charge in [0.05, 0.1) is 38.3 Å². The Hall–Kier alpha value is -2.64. The molecule has 4 rings (SSSR count). The summed E-state index contributed by atoms with van der Waals surface area (Å²) in [7, 11) is 3.26. The smallest absolute Gasteiger partial charge is 0.210 e. The zero-order valence-corrected chi connectivity index (χ0v) is 14.3. The summed E-state index contributed by atoms with van der Waals surface area (Å²) in [6.07, 6.45) is 1.72. The molecule has 1 aliphatic heterocycles. The number of ether oxygens (including phenoxy) is 4. The van der Waals surface area contributed by atoms with Gasteiger partial charge in [0.2, 0.25) is 5.79 Å². The maximum absolute atomic E-state index is 5.81. The number of hydrogen-bond acceptors (Lipinski definition) is 6. The Morgan fingerprint density at radius 2 is 1.92 bits per heavy atom. The number of nitrogens with zero attached hydrogens (tertiary/aromatic N) is 2. The van der Waals surface area contributed by atoms with Crippen LogP contribution in [0.1, 0.15) is 12.6 Å². The Balaban J connectivity index is 1.98. The maximum atomic E-state index is 5.81. The van der Waals surface area contributed by atoms with Crippen molar-refractivity contribution in [3.8, 4) is 22.8 Å². The summed E-state index contributed by atoms with van der Waals surface area (Å²) in [5.74, 6) is 0.518. The van der Waals surface area contributed by atoms with Gasteiger partial charge in [-0.05, 0) is 31.2 Å². The van der Waals surface area contributed by atoms with E-state index in [4.69, 9.17) is 18.9 Å². The van der Waals surface area contributed by atoms with Crippen LogP contribution in [0.3, 0.4) is 0 Å². The molecule has 0 spiro atoms. The quantitative estimate of drug-likeness (QED) is 0.786. The highest BCUT2D eigenvalue weighted by molar-refractivity contribution is 5.96. The fourth-order valence-electron chi connectivity index (χ4n) is 3.16. The molecular weight excluding hydrogens is 322 g/mol. The number of benzene rings is 1.